The Morgan fingerprint density at radius 1 is 1.42 bits per heavy atom. The van der Waals surface area contributed by atoms with Gasteiger partial charge in [-0.05, 0) is 29.9 Å². The Balaban J connectivity index is 2.32. The molecule has 0 unspecified atom stereocenters. The molecule has 1 aliphatic rings. The SMILES string of the molecule is NCc1n[nH]c2c1CCSCC2. The molecule has 1 aromatic heterocycles. The molecule has 0 fully saturated rings. The Kier molecular flexibility index (Phi) is 2.37. The van der Waals surface area contributed by atoms with Crippen LogP contribution in [0.3, 0.4) is 0 Å². The fourth-order valence-electron chi connectivity index (χ4n) is 1.57. The highest BCUT2D eigenvalue weighted by Crippen LogP contribution is 2.20. The van der Waals surface area contributed by atoms with Crippen LogP contribution in [0.4, 0.5) is 0 Å². The van der Waals surface area contributed by atoms with Gasteiger partial charge in [-0.2, -0.15) is 16.9 Å². The second-order valence-electron chi connectivity index (χ2n) is 2.94. The first-order valence-corrected chi connectivity index (χ1v) is 5.40. The maximum Gasteiger partial charge on any atom is 0.0792 e. The second kappa shape index (κ2) is 3.49. The van der Waals surface area contributed by atoms with E-state index >= 15 is 0 Å². The van der Waals surface area contributed by atoms with E-state index < -0.39 is 0 Å². The minimum atomic E-state index is 0.566. The van der Waals surface area contributed by atoms with Gasteiger partial charge < -0.3 is 5.73 Å². The van der Waals surface area contributed by atoms with E-state index in [9.17, 15) is 0 Å². The fraction of sp³-hybridized carbons (Fsp3) is 0.625. The van der Waals surface area contributed by atoms with Gasteiger partial charge in [-0.3, -0.25) is 5.10 Å². The molecule has 0 radical (unpaired) electrons. The number of H-pyrrole nitrogens is 1. The zero-order valence-electron chi connectivity index (χ0n) is 6.97. The summed E-state index contributed by atoms with van der Waals surface area (Å²) >= 11 is 2.01. The lowest BCUT2D eigenvalue weighted by atomic mass is 10.1. The van der Waals surface area contributed by atoms with Gasteiger partial charge in [0.2, 0.25) is 0 Å². The summed E-state index contributed by atoms with van der Waals surface area (Å²) in [7, 11) is 0. The van der Waals surface area contributed by atoms with Gasteiger partial charge in [0.15, 0.2) is 0 Å². The number of nitrogens with two attached hydrogens (primary N) is 1. The second-order valence-corrected chi connectivity index (χ2v) is 4.17. The monoisotopic (exact) mass is 183 g/mol. The van der Waals surface area contributed by atoms with E-state index in [1.165, 1.54) is 22.8 Å². The van der Waals surface area contributed by atoms with E-state index in [-0.39, 0.29) is 0 Å². The van der Waals surface area contributed by atoms with E-state index in [1.54, 1.807) is 0 Å². The molecule has 1 aliphatic heterocycles. The number of fused-ring (bicyclic) bond motifs is 1. The zero-order valence-corrected chi connectivity index (χ0v) is 7.78. The van der Waals surface area contributed by atoms with Gasteiger partial charge in [0.25, 0.3) is 0 Å². The molecule has 0 atom stereocenters. The van der Waals surface area contributed by atoms with Crippen LogP contribution in [0.1, 0.15) is 17.0 Å². The van der Waals surface area contributed by atoms with Crippen LogP contribution in [0.5, 0.6) is 0 Å². The molecule has 0 bridgehead atoms. The summed E-state index contributed by atoms with van der Waals surface area (Å²) in [6.45, 7) is 0.566. The van der Waals surface area contributed by atoms with Gasteiger partial charge >= 0.3 is 0 Å². The molecule has 3 nitrogen and oxygen atoms in total. The lowest BCUT2D eigenvalue weighted by molar-refractivity contribution is 0.919. The summed E-state index contributed by atoms with van der Waals surface area (Å²) in [6, 6.07) is 0. The van der Waals surface area contributed by atoms with Crippen molar-refractivity contribution in [1.29, 1.82) is 0 Å². The first-order valence-electron chi connectivity index (χ1n) is 4.24. The molecular formula is C8H13N3S. The first kappa shape index (κ1) is 8.13. The van der Waals surface area contributed by atoms with Crippen molar-refractivity contribution >= 4 is 11.8 Å². The van der Waals surface area contributed by atoms with Crippen molar-refractivity contribution in [3.8, 4) is 0 Å². The Morgan fingerprint density at radius 2 is 2.25 bits per heavy atom. The van der Waals surface area contributed by atoms with Crippen molar-refractivity contribution < 1.29 is 0 Å². The molecule has 2 rings (SSSR count). The van der Waals surface area contributed by atoms with E-state index in [4.69, 9.17) is 5.73 Å². The van der Waals surface area contributed by atoms with E-state index in [0.29, 0.717) is 6.54 Å². The minimum Gasteiger partial charge on any atom is -0.325 e. The molecular weight excluding hydrogens is 170 g/mol. The third-order valence-corrected chi connectivity index (χ3v) is 3.21. The van der Waals surface area contributed by atoms with Crippen LogP contribution in [-0.2, 0) is 19.4 Å². The Labute approximate surface area is 76.1 Å². The molecule has 0 aliphatic carbocycles. The quantitative estimate of drug-likeness (QED) is 0.674. The number of rotatable bonds is 1. The molecule has 0 amide bonds. The summed E-state index contributed by atoms with van der Waals surface area (Å²) in [5.41, 5.74) is 9.33. The minimum absolute atomic E-state index is 0.566. The summed E-state index contributed by atoms with van der Waals surface area (Å²) in [6.07, 6.45) is 2.25. The summed E-state index contributed by atoms with van der Waals surface area (Å²) in [5, 5.41) is 7.27. The van der Waals surface area contributed by atoms with E-state index in [0.717, 1.165) is 18.5 Å². The number of aromatic amines is 1. The molecule has 0 spiro atoms. The van der Waals surface area contributed by atoms with Gasteiger partial charge in [-0.1, -0.05) is 0 Å². The molecule has 2 heterocycles. The maximum atomic E-state index is 5.58. The highest BCUT2D eigenvalue weighted by molar-refractivity contribution is 7.99. The molecule has 4 heteroatoms. The molecule has 66 valence electrons. The highest BCUT2D eigenvalue weighted by Gasteiger charge is 2.14. The van der Waals surface area contributed by atoms with Gasteiger partial charge in [0.05, 0.1) is 5.69 Å². The molecule has 0 aromatic carbocycles. The Morgan fingerprint density at radius 3 is 3.08 bits per heavy atom. The molecule has 0 saturated carbocycles. The third kappa shape index (κ3) is 1.36. The zero-order chi connectivity index (χ0) is 8.39. The van der Waals surface area contributed by atoms with Crippen LogP contribution < -0.4 is 5.73 Å². The number of thioether (sulfide) groups is 1. The molecule has 12 heavy (non-hydrogen) atoms. The number of aryl methyl sites for hydroxylation is 1. The number of hydrogen-bond donors (Lipinski definition) is 2. The van der Waals surface area contributed by atoms with Crippen LogP contribution in [0, 0.1) is 0 Å². The van der Waals surface area contributed by atoms with E-state index in [1.807, 2.05) is 11.8 Å². The average Bonchev–Trinajstić information content (AvgIpc) is 2.33. The van der Waals surface area contributed by atoms with Crippen LogP contribution in [0.15, 0.2) is 0 Å². The highest BCUT2D eigenvalue weighted by atomic mass is 32.2. The first-order chi connectivity index (χ1) is 5.92. The van der Waals surface area contributed by atoms with Crippen molar-refractivity contribution in [3.63, 3.8) is 0 Å². The number of nitrogens with one attached hydrogen (secondary N) is 1. The van der Waals surface area contributed by atoms with Crippen LogP contribution in [0.2, 0.25) is 0 Å². The lowest BCUT2D eigenvalue weighted by Crippen LogP contribution is -2.01. The fourth-order valence-corrected chi connectivity index (χ4v) is 2.47. The number of hydrogen-bond acceptors (Lipinski definition) is 3. The topological polar surface area (TPSA) is 54.7 Å². The predicted octanol–water partition coefficient (Wildman–Crippen LogP) is 0.700. The summed E-state index contributed by atoms with van der Waals surface area (Å²) < 4.78 is 0. The van der Waals surface area contributed by atoms with Gasteiger partial charge in [-0.25, -0.2) is 0 Å². The van der Waals surface area contributed by atoms with Crippen molar-refractivity contribution in [2.45, 2.75) is 19.4 Å². The maximum absolute atomic E-state index is 5.58. The molecule has 3 N–H and O–H groups in total. The standard InChI is InChI=1S/C8H13N3S/c9-5-8-6-1-3-12-4-2-7(6)10-11-8/h1-5,9H2,(H,10,11). The number of aromatic nitrogens is 2. The predicted molar refractivity (Wildman–Crippen MR) is 51.2 cm³/mol. The van der Waals surface area contributed by atoms with Crippen molar-refractivity contribution in [2.24, 2.45) is 5.73 Å². The van der Waals surface area contributed by atoms with Crippen molar-refractivity contribution in [3.05, 3.63) is 17.0 Å². The number of nitrogens with zero attached hydrogens (tertiary/aromatic N) is 1. The van der Waals surface area contributed by atoms with Gasteiger partial charge in [0, 0.05) is 12.2 Å². The van der Waals surface area contributed by atoms with Crippen LogP contribution in [0.25, 0.3) is 0 Å². The molecule has 0 saturated heterocycles. The largest absolute Gasteiger partial charge is 0.325 e. The summed E-state index contributed by atoms with van der Waals surface area (Å²) in [5.74, 6) is 2.42. The van der Waals surface area contributed by atoms with E-state index in [2.05, 4.69) is 10.2 Å². The molecule has 1 aromatic rings. The van der Waals surface area contributed by atoms with Gasteiger partial charge in [-0.15, -0.1) is 0 Å². The van der Waals surface area contributed by atoms with Gasteiger partial charge in [0.1, 0.15) is 0 Å². The normalized spacial score (nSPS) is 17.1. The Bertz CT molecular complexity index is 269. The van der Waals surface area contributed by atoms with Crippen molar-refractivity contribution in [2.75, 3.05) is 11.5 Å². The average molecular weight is 183 g/mol. The Hall–Kier alpha value is -0.480. The van der Waals surface area contributed by atoms with Crippen LogP contribution in [-0.4, -0.2) is 21.7 Å². The van der Waals surface area contributed by atoms with Crippen LogP contribution >= 0.6 is 11.8 Å². The summed E-state index contributed by atoms with van der Waals surface area (Å²) in [4.78, 5) is 0. The third-order valence-electron chi connectivity index (χ3n) is 2.22. The lowest BCUT2D eigenvalue weighted by Gasteiger charge is -1.97. The smallest absolute Gasteiger partial charge is 0.0792 e. The van der Waals surface area contributed by atoms with Crippen molar-refractivity contribution in [1.82, 2.24) is 10.2 Å².